The quantitative estimate of drug-likeness (QED) is 0.290. The number of ether oxygens (including phenoxy) is 2. The number of carbonyl (C=O) groups excluding carboxylic acids is 2. The van der Waals surface area contributed by atoms with Crippen molar-refractivity contribution in [3.63, 3.8) is 0 Å². The zero-order chi connectivity index (χ0) is 17.7. The summed E-state index contributed by atoms with van der Waals surface area (Å²) in [6.45, 7) is 1.57. The fourth-order valence-electron chi connectivity index (χ4n) is 1.89. The maximum absolute atomic E-state index is 10.3. The molecule has 0 aromatic heterocycles. The van der Waals surface area contributed by atoms with Crippen molar-refractivity contribution < 1.29 is 120 Å². The molecule has 0 aliphatic carbocycles. The Kier molecular flexibility index (Phi) is 29.9. The van der Waals surface area contributed by atoms with Crippen LogP contribution in [0.25, 0.3) is 0 Å². The number of carboxylic acids is 2. The Morgan fingerprint density at radius 1 is 1.00 bits per heavy atom. The third-order valence-corrected chi connectivity index (χ3v) is 3.34. The van der Waals surface area contributed by atoms with E-state index in [4.69, 9.17) is 14.9 Å². The molecule has 0 radical (unpaired) electrons. The molecular weight excluding hydrogens is 418 g/mol. The van der Waals surface area contributed by atoms with E-state index in [2.05, 4.69) is 4.74 Å². The zero-order valence-electron chi connectivity index (χ0n) is 15.2. The summed E-state index contributed by atoms with van der Waals surface area (Å²) in [5.74, 6) is -3.66. The Balaban J connectivity index is -0.0000000757. The van der Waals surface area contributed by atoms with Crippen LogP contribution in [-0.4, -0.2) is 87.1 Å². The molecule has 8 N–H and O–H groups in total. The van der Waals surface area contributed by atoms with Crippen LogP contribution in [0.4, 0.5) is 0 Å². The Morgan fingerprint density at radius 3 is 1.86 bits per heavy atom. The first-order valence-corrected chi connectivity index (χ1v) is 6.75. The molecule has 0 bridgehead atoms. The van der Waals surface area contributed by atoms with E-state index >= 15 is 0 Å². The molecule has 2 heterocycles. The maximum Gasteiger partial charge on any atom is 1.00 e. The van der Waals surface area contributed by atoms with Crippen molar-refractivity contribution in [1.82, 2.24) is 0 Å². The van der Waals surface area contributed by atoms with Gasteiger partial charge >= 0.3 is 59.1 Å². The summed E-state index contributed by atoms with van der Waals surface area (Å²) in [4.78, 5) is 20.4. The fourth-order valence-corrected chi connectivity index (χ4v) is 1.89. The largest absolute Gasteiger partial charge is 1.00 e. The van der Waals surface area contributed by atoms with E-state index < -0.39 is 48.2 Å². The van der Waals surface area contributed by atoms with Crippen molar-refractivity contribution in [2.75, 3.05) is 13.2 Å². The summed E-state index contributed by atoms with van der Waals surface area (Å²) in [7, 11) is 0. The third kappa shape index (κ3) is 13.3. The van der Waals surface area contributed by atoms with Gasteiger partial charge in [0.2, 0.25) is 0 Å². The number of rotatable bonds is 2. The minimum absolute atomic E-state index is 0. The number of aliphatic hydroxyl groups is 4. The molecule has 14 heteroatoms. The van der Waals surface area contributed by atoms with Gasteiger partial charge in [-0.05, 0) is 6.08 Å². The van der Waals surface area contributed by atoms with Crippen LogP contribution >= 0.6 is 0 Å². The molecule has 3 unspecified atom stereocenters. The van der Waals surface area contributed by atoms with Gasteiger partial charge in [0.15, 0.2) is 0 Å². The number of hydrogen-bond acceptors (Lipinski definition) is 10. The van der Waals surface area contributed by atoms with Gasteiger partial charge in [0.25, 0.3) is 0 Å². The Labute approximate surface area is 213 Å². The Hall–Kier alpha value is 0.200. The van der Waals surface area contributed by atoms with E-state index in [9.17, 15) is 30.0 Å². The van der Waals surface area contributed by atoms with Crippen molar-refractivity contribution in [1.29, 1.82) is 0 Å². The molecule has 0 spiro atoms. The number of aliphatic carboxylic acids is 2. The maximum atomic E-state index is 10.3. The second-order valence-electron chi connectivity index (χ2n) is 5.22. The number of hydrogen-bond donors (Lipinski definition) is 4. The van der Waals surface area contributed by atoms with Crippen molar-refractivity contribution in [2.45, 2.75) is 52.3 Å². The topological polar surface area (TPSA) is 243 Å². The van der Waals surface area contributed by atoms with Gasteiger partial charge in [0, 0.05) is 5.92 Å². The molecule has 12 nitrogen and oxygen atoms in total. The minimum Gasteiger partial charge on any atom is -0.547 e. The van der Waals surface area contributed by atoms with Crippen LogP contribution in [0, 0.1) is 5.92 Å². The summed E-state index contributed by atoms with van der Waals surface area (Å²) >= 11 is 0. The molecule has 0 saturated carbocycles. The second kappa shape index (κ2) is 20.1. The van der Waals surface area contributed by atoms with Crippen molar-refractivity contribution in [3.05, 3.63) is 11.8 Å². The Morgan fingerprint density at radius 2 is 1.48 bits per heavy atom. The summed E-state index contributed by atoms with van der Waals surface area (Å²) in [5, 5.41) is 56.6. The first-order chi connectivity index (χ1) is 10.6. The van der Waals surface area contributed by atoms with E-state index in [0.717, 1.165) is 6.08 Å². The molecule has 0 aromatic carbocycles. The fraction of sp³-hybridized carbons (Fsp3) is 0.733. The van der Waals surface area contributed by atoms with Gasteiger partial charge in [0.05, 0.1) is 18.7 Å². The molecule has 164 valence electrons. The molecule has 1 saturated heterocycles. The predicted octanol–water partition coefficient (Wildman–Crippen LogP) is -11.5. The normalized spacial score (nSPS) is 29.2. The van der Waals surface area contributed by atoms with Gasteiger partial charge in [0.1, 0.15) is 42.8 Å². The van der Waals surface area contributed by atoms with Crippen LogP contribution in [0.15, 0.2) is 11.8 Å². The molecular formula is C15H30Na2O12. The average Bonchev–Trinajstić information content (AvgIpc) is 2.48. The van der Waals surface area contributed by atoms with E-state index in [1.54, 1.807) is 6.92 Å². The first kappa shape index (κ1) is 43.1. The molecule has 2 aliphatic heterocycles. The monoisotopic (exact) mass is 448 g/mol. The van der Waals surface area contributed by atoms with E-state index in [1.165, 1.54) is 0 Å². The summed E-state index contributed by atoms with van der Waals surface area (Å²) in [6.07, 6.45) is -5.19. The summed E-state index contributed by atoms with van der Waals surface area (Å²) < 4.78 is 9.27. The van der Waals surface area contributed by atoms with Crippen LogP contribution in [0.5, 0.6) is 0 Å². The second-order valence-corrected chi connectivity index (χ2v) is 5.22. The first-order valence-electron chi connectivity index (χ1n) is 6.75. The Bertz CT molecular complexity index is 476. The van der Waals surface area contributed by atoms with Gasteiger partial charge in [-0.1, -0.05) is 21.8 Å². The van der Waals surface area contributed by atoms with Crippen LogP contribution in [0.3, 0.4) is 0 Å². The molecule has 29 heavy (non-hydrogen) atoms. The minimum atomic E-state index is -1.49. The molecule has 0 amide bonds. The van der Waals surface area contributed by atoms with Crippen molar-refractivity contribution in [3.8, 4) is 0 Å². The predicted molar refractivity (Wildman–Crippen MR) is 87.7 cm³/mol. The van der Waals surface area contributed by atoms with Gasteiger partial charge in [-0.2, -0.15) is 0 Å². The van der Waals surface area contributed by atoms with Crippen LogP contribution < -0.4 is 69.3 Å². The number of aliphatic hydroxyl groups excluding tert-OH is 4. The number of carboxylic acid groups (broad SMARTS) is 2. The smallest absolute Gasteiger partial charge is 0.547 e. The molecule has 0 aromatic rings. The zero-order valence-corrected chi connectivity index (χ0v) is 19.2. The SMILES string of the molecule is C.C.CC1COC(C(=O)[O-])[C@@H](O)[C@H]1O.O.O.O=C([O-])C1=C[C@@H](O)C(O)CO1.[Na+].[Na+]. The van der Waals surface area contributed by atoms with Crippen LogP contribution in [0.1, 0.15) is 21.8 Å². The van der Waals surface area contributed by atoms with Crippen molar-refractivity contribution >= 4 is 11.9 Å². The van der Waals surface area contributed by atoms with E-state index in [0.29, 0.717) is 0 Å². The van der Waals surface area contributed by atoms with Gasteiger partial charge in [-0.3, -0.25) is 0 Å². The summed E-state index contributed by atoms with van der Waals surface area (Å²) in [6, 6.07) is 0. The molecule has 6 atom stereocenters. The van der Waals surface area contributed by atoms with Crippen LogP contribution in [0.2, 0.25) is 0 Å². The number of carbonyl (C=O) groups is 2. The van der Waals surface area contributed by atoms with Gasteiger partial charge in [-0.25, -0.2) is 0 Å². The van der Waals surface area contributed by atoms with Crippen LogP contribution in [-0.2, 0) is 19.1 Å². The van der Waals surface area contributed by atoms with E-state index in [1.807, 2.05) is 0 Å². The molecule has 2 rings (SSSR count). The van der Waals surface area contributed by atoms with Gasteiger partial charge in [-0.15, -0.1) is 0 Å². The molecule has 1 fully saturated rings. The standard InChI is InChI=1S/C7H12O5.C6H8O5.2CH4.2Na.2H2O/c1-3-2-12-6(7(10)11)5(9)4(3)8;7-3-1-5(6(9)10)11-2-4(3)8;;;;;;/h3-6,8-9H,2H2,1H3,(H,10,11);1,3-4,7-8H,2H2,(H,9,10);2*1H4;;;2*1H2/q;;;;2*+1;;/p-2/t3?,4-,5-,6?;3-,4?;;;;;;/m01....../s1. The van der Waals surface area contributed by atoms with Crippen molar-refractivity contribution in [2.24, 2.45) is 5.92 Å². The molecule has 2 aliphatic rings. The third-order valence-electron chi connectivity index (χ3n) is 3.34. The summed E-state index contributed by atoms with van der Waals surface area (Å²) in [5.41, 5.74) is 0. The van der Waals surface area contributed by atoms with Gasteiger partial charge < -0.3 is 60.7 Å². The average molecular weight is 448 g/mol. The van der Waals surface area contributed by atoms with E-state index in [-0.39, 0.29) is 104 Å².